The zero-order valence-corrected chi connectivity index (χ0v) is 15.4. The number of aromatic nitrogens is 3. The monoisotopic (exact) mass is 382 g/mol. The van der Waals surface area contributed by atoms with Crippen LogP contribution in [0.15, 0.2) is 55.0 Å². The number of nitrogens with one attached hydrogen (secondary N) is 1. The van der Waals surface area contributed by atoms with Crippen LogP contribution in [0.2, 0.25) is 0 Å². The Bertz CT molecular complexity index is 950. The summed E-state index contributed by atoms with van der Waals surface area (Å²) in [6.45, 7) is 4.03. The maximum Gasteiger partial charge on any atom is 0.295 e. The number of carbonyl (C=O) groups excluding carboxylic acids is 1. The Balaban J connectivity index is 1.67. The van der Waals surface area contributed by atoms with E-state index in [1.807, 2.05) is 6.92 Å². The van der Waals surface area contributed by atoms with Crippen LogP contribution < -0.4 is 10.2 Å². The van der Waals surface area contributed by atoms with E-state index in [1.54, 1.807) is 43.5 Å². The van der Waals surface area contributed by atoms with Crippen LogP contribution >= 0.6 is 0 Å². The summed E-state index contributed by atoms with van der Waals surface area (Å²) in [5.74, 6) is -0.492. The van der Waals surface area contributed by atoms with Crippen molar-refractivity contribution in [2.45, 2.75) is 20.0 Å². The van der Waals surface area contributed by atoms with Crippen molar-refractivity contribution in [3.8, 4) is 17.1 Å². The van der Waals surface area contributed by atoms with Gasteiger partial charge in [0.2, 0.25) is 5.88 Å². The van der Waals surface area contributed by atoms with E-state index in [1.165, 1.54) is 18.5 Å². The molecule has 0 aliphatic carbocycles. The zero-order chi connectivity index (χ0) is 19.9. The van der Waals surface area contributed by atoms with E-state index in [0.717, 1.165) is 0 Å². The second-order valence-corrected chi connectivity index (χ2v) is 5.82. The van der Waals surface area contributed by atoms with Crippen molar-refractivity contribution in [1.29, 1.82) is 0 Å². The average Bonchev–Trinajstić information content (AvgIpc) is 2.73. The third-order valence-electron chi connectivity index (χ3n) is 3.86. The number of carbonyl (C=O) groups is 1. The number of hydrogen-bond donors (Lipinski definition) is 1. The number of nitrogens with zero attached hydrogens (tertiary/aromatic N) is 3. The third kappa shape index (κ3) is 4.66. The zero-order valence-electron chi connectivity index (χ0n) is 15.4. The van der Waals surface area contributed by atoms with E-state index in [0.29, 0.717) is 29.3 Å². The first-order valence-corrected chi connectivity index (χ1v) is 8.70. The molecule has 1 aromatic carbocycles. The molecule has 144 valence electrons. The molecule has 0 saturated carbocycles. The van der Waals surface area contributed by atoms with Gasteiger partial charge in [-0.3, -0.25) is 14.6 Å². The van der Waals surface area contributed by atoms with Gasteiger partial charge in [0.25, 0.3) is 5.91 Å². The number of hydroxylamine groups is 1. The molecule has 2 heterocycles. The molecule has 0 radical (unpaired) electrons. The van der Waals surface area contributed by atoms with Crippen molar-refractivity contribution in [1.82, 2.24) is 20.4 Å². The fourth-order valence-electron chi connectivity index (χ4n) is 2.44. The van der Waals surface area contributed by atoms with Crippen molar-refractivity contribution < 1.29 is 18.8 Å². The summed E-state index contributed by atoms with van der Waals surface area (Å²) in [5, 5.41) is 0. The smallest absolute Gasteiger partial charge is 0.295 e. The summed E-state index contributed by atoms with van der Waals surface area (Å²) in [6, 6.07) is 9.69. The molecular formula is C20H19FN4O3. The summed E-state index contributed by atoms with van der Waals surface area (Å²) in [4.78, 5) is 30.1. The number of hydrogen-bond acceptors (Lipinski definition) is 6. The van der Waals surface area contributed by atoms with Gasteiger partial charge in [-0.25, -0.2) is 19.8 Å². The summed E-state index contributed by atoms with van der Waals surface area (Å²) < 4.78 is 19.1. The maximum atomic E-state index is 13.8. The standard InChI is InChI=1S/C20H19FN4O3/c1-3-27-19-9-8-14(10-23-19)17-11-22-12-18(24-17)20(26)25-28-13(2)15-6-4-5-7-16(15)21/h4-13H,3H2,1-2H3,(H,25,26)/t13-/m1/s1. The maximum absolute atomic E-state index is 13.8. The van der Waals surface area contributed by atoms with Gasteiger partial charge in [-0.1, -0.05) is 18.2 Å². The van der Waals surface area contributed by atoms with Crippen molar-refractivity contribution in [2.75, 3.05) is 6.61 Å². The average molecular weight is 382 g/mol. The molecule has 0 bridgehead atoms. The lowest BCUT2D eigenvalue weighted by molar-refractivity contribution is -0.0106. The van der Waals surface area contributed by atoms with E-state index in [9.17, 15) is 9.18 Å². The van der Waals surface area contributed by atoms with E-state index < -0.39 is 17.8 Å². The molecule has 28 heavy (non-hydrogen) atoms. The fraction of sp³-hybridized carbons (Fsp3) is 0.200. The first-order valence-electron chi connectivity index (χ1n) is 8.70. The largest absolute Gasteiger partial charge is 0.478 e. The van der Waals surface area contributed by atoms with Crippen LogP contribution in [0.4, 0.5) is 4.39 Å². The molecule has 3 rings (SSSR count). The van der Waals surface area contributed by atoms with Crippen molar-refractivity contribution in [3.05, 3.63) is 72.1 Å². The predicted octanol–water partition coefficient (Wildman–Crippen LogP) is 3.50. The van der Waals surface area contributed by atoms with Crippen molar-refractivity contribution in [2.24, 2.45) is 0 Å². The van der Waals surface area contributed by atoms with Crippen LogP contribution in [-0.4, -0.2) is 27.5 Å². The van der Waals surface area contributed by atoms with Crippen LogP contribution in [0.3, 0.4) is 0 Å². The molecule has 1 atom stereocenters. The number of benzene rings is 1. The van der Waals surface area contributed by atoms with Gasteiger partial charge in [-0.15, -0.1) is 0 Å². The molecule has 8 heteroatoms. The van der Waals surface area contributed by atoms with E-state index in [2.05, 4.69) is 20.4 Å². The number of halogens is 1. The number of ether oxygens (including phenoxy) is 1. The second-order valence-electron chi connectivity index (χ2n) is 5.82. The first-order chi connectivity index (χ1) is 13.6. The lowest BCUT2D eigenvalue weighted by atomic mass is 10.1. The minimum atomic E-state index is -0.670. The Kier molecular flexibility index (Phi) is 6.23. The highest BCUT2D eigenvalue weighted by molar-refractivity contribution is 5.91. The highest BCUT2D eigenvalue weighted by Gasteiger charge is 2.15. The Hall–Kier alpha value is -3.39. The molecule has 0 spiro atoms. The third-order valence-corrected chi connectivity index (χ3v) is 3.86. The van der Waals surface area contributed by atoms with Gasteiger partial charge in [0.1, 0.15) is 17.6 Å². The summed E-state index contributed by atoms with van der Waals surface area (Å²) in [7, 11) is 0. The molecule has 1 amide bonds. The van der Waals surface area contributed by atoms with Gasteiger partial charge in [0.15, 0.2) is 0 Å². The van der Waals surface area contributed by atoms with Crippen LogP contribution in [0.5, 0.6) is 5.88 Å². The highest BCUT2D eigenvalue weighted by Crippen LogP contribution is 2.20. The molecule has 7 nitrogen and oxygen atoms in total. The van der Waals surface area contributed by atoms with Crippen LogP contribution in [0.1, 0.15) is 36.0 Å². The summed E-state index contributed by atoms with van der Waals surface area (Å²) in [6.07, 6.45) is 3.76. The Morgan fingerprint density at radius 2 is 2.00 bits per heavy atom. The Morgan fingerprint density at radius 3 is 2.71 bits per heavy atom. The minimum absolute atomic E-state index is 0.0621. The lowest BCUT2D eigenvalue weighted by Gasteiger charge is -2.14. The van der Waals surface area contributed by atoms with Crippen LogP contribution in [0, 0.1) is 5.82 Å². The summed E-state index contributed by atoms with van der Waals surface area (Å²) >= 11 is 0. The molecule has 1 N–H and O–H groups in total. The SMILES string of the molecule is CCOc1ccc(-c2cncc(C(=O)NO[C@H](C)c3ccccc3F)n2)cn1. The molecule has 0 aliphatic heterocycles. The number of rotatable bonds is 7. The minimum Gasteiger partial charge on any atom is -0.478 e. The Labute approximate surface area is 161 Å². The second kappa shape index (κ2) is 9.01. The van der Waals surface area contributed by atoms with Gasteiger partial charge in [0, 0.05) is 23.4 Å². The van der Waals surface area contributed by atoms with Gasteiger partial charge < -0.3 is 4.74 Å². The summed E-state index contributed by atoms with van der Waals surface area (Å²) in [5.41, 5.74) is 3.85. The molecule has 0 saturated heterocycles. The normalized spacial score (nSPS) is 11.7. The van der Waals surface area contributed by atoms with Crippen LogP contribution in [-0.2, 0) is 4.84 Å². The molecule has 3 aromatic rings. The van der Waals surface area contributed by atoms with E-state index in [-0.39, 0.29) is 5.69 Å². The van der Waals surface area contributed by atoms with Gasteiger partial charge in [-0.05, 0) is 26.0 Å². The highest BCUT2D eigenvalue weighted by atomic mass is 19.1. The van der Waals surface area contributed by atoms with Gasteiger partial charge >= 0.3 is 0 Å². The Morgan fingerprint density at radius 1 is 1.18 bits per heavy atom. The molecule has 0 fully saturated rings. The van der Waals surface area contributed by atoms with E-state index >= 15 is 0 Å². The molecule has 0 aliphatic rings. The van der Waals surface area contributed by atoms with E-state index in [4.69, 9.17) is 9.57 Å². The quantitative estimate of drug-likeness (QED) is 0.630. The molecule has 2 aromatic heterocycles. The van der Waals surface area contributed by atoms with Gasteiger partial charge in [-0.2, -0.15) is 0 Å². The number of pyridine rings is 1. The molecular weight excluding hydrogens is 363 g/mol. The van der Waals surface area contributed by atoms with Gasteiger partial charge in [0.05, 0.1) is 24.7 Å². The van der Waals surface area contributed by atoms with Crippen molar-refractivity contribution >= 4 is 5.91 Å². The van der Waals surface area contributed by atoms with Crippen LogP contribution in [0.25, 0.3) is 11.3 Å². The lowest BCUT2D eigenvalue weighted by Crippen LogP contribution is -2.26. The molecule has 0 unspecified atom stereocenters. The first kappa shape index (κ1) is 19.4. The van der Waals surface area contributed by atoms with Crippen molar-refractivity contribution in [3.63, 3.8) is 0 Å². The predicted molar refractivity (Wildman–Crippen MR) is 99.8 cm³/mol. The fourth-order valence-corrected chi connectivity index (χ4v) is 2.44. The topological polar surface area (TPSA) is 86.2 Å². The number of amides is 1.